The van der Waals surface area contributed by atoms with Crippen LogP contribution in [-0.4, -0.2) is 49.6 Å². The van der Waals surface area contributed by atoms with Gasteiger partial charge in [0.1, 0.15) is 23.3 Å². The van der Waals surface area contributed by atoms with E-state index < -0.39 is 35.7 Å². The Morgan fingerprint density at radius 3 is 2.21 bits per heavy atom. The average Bonchev–Trinajstić information content (AvgIpc) is 3.45. The minimum Gasteiger partial charge on any atom is -0.497 e. The molecule has 1 N–H and O–H groups in total. The van der Waals surface area contributed by atoms with Gasteiger partial charge in [-0.05, 0) is 68.4 Å². The van der Waals surface area contributed by atoms with E-state index in [4.69, 9.17) is 14.2 Å². The molecule has 2 aliphatic heterocycles. The third kappa shape index (κ3) is 4.24. The topological polar surface area (TPSA) is 97.4 Å². The van der Waals surface area contributed by atoms with Crippen LogP contribution in [0.5, 0.6) is 17.2 Å². The van der Waals surface area contributed by atoms with E-state index in [1.807, 2.05) is 26.0 Å². The lowest BCUT2D eigenvalue weighted by molar-refractivity contribution is -0.123. The van der Waals surface area contributed by atoms with Crippen molar-refractivity contribution in [3.8, 4) is 17.2 Å². The van der Waals surface area contributed by atoms with Crippen molar-refractivity contribution in [3.05, 3.63) is 83.4 Å². The zero-order chi connectivity index (χ0) is 27.0. The summed E-state index contributed by atoms with van der Waals surface area (Å²) in [5.74, 6) is -0.489. The standard InChI is InChI=1S/C29H29N3O6/c1-5-38-20-12-10-19(11-13-20)31-28(34)24-25(22-16-21(36-3)14-15-23(22)37-4)30-32(26(24)29(31)35)27(33)18-8-6-17(2)7-9-18/h6-16,24-26,30H,5H2,1-4H3/t24-,25+,26-/m1/s1. The van der Waals surface area contributed by atoms with Gasteiger partial charge in [0.15, 0.2) is 0 Å². The van der Waals surface area contributed by atoms with E-state index >= 15 is 0 Å². The Balaban J connectivity index is 1.59. The van der Waals surface area contributed by atoms with E-state index in [9.17, 15) is 14.4 Å². The van der Waals surface area contributed by atoms with Crippen molar-refractivity contribution in [1.82, 2.24) is 10.4 Å². The van der Waals surface area contributed by atoms with Crippen molar-refractivity contribution in [2.24, 2.45) is 5.92 Å². The van der Waals surface area contributed by atoms with Gasteiger partial charge in [0.25, 0.3) is 11.8 Å². The Hall–Kier alpha value is -4.37. The molecule has 3 amide bonds. The van der Waals surface area contributed by atoms with Gasteiger partial charge in [-0.3, -0.25) is 19.4 Å². The number of anilines is 1. The Morgan fingerprint density at radius 2 is 1.58 bits per heavy atom. The number of methoxy groups -OCH3 is 2. The lowest BCUT2D eigenvalue weighted by atomic mass is 9.90. The summed E-state index contributed by atoms with van der Waals surface area (Å²) in [7, 11) is 3.07. The molecule has 9 heteroatoms. The second kappa shape index (κ2) is 10.2. The monoisotopic (exact) mass is 515 g/mol. The summed E-state index contributed by atoms with van der Waals surface area (Å²) in [6.07, 6.45) is 0. The number of fused-ring (bicyclic) bond motifs is 1. The zero-order valence-corrected chi connectivity index (χ0v) is 21.6. The number of hydrazine groups is 1. The predicted molar refractivity (Wildman–Crippen MR) is 140 cm³/mol. The smallest absolute Gasteiger partial charge is 0.268 e. The van der Waals surface area contributed by atoms with Crippen molar-refractivity contribution in [2.75, 3.05) is 25.7 Å². The highest BCUT2D eigenvalue weighted by Crippen LogP contribution is 2.45. The number of nitrogens with zero attached hydrogens (tertiary/aromatic N) is 2. The molecule has 0 saturated carbocycles. The molecule has 0 aliphatic carbocycles. The molecule has 0 spiro atoms. The molecule has 0 bridgehead atoms. The van der Waals surface area contributed by atoms with Gasteiger partial charge in [-0.2, -0.15) is 0 Å². The second-order valence-corrected chi connectivity index (χ2v) is 9.17. The minimum atomic E-state index is -1.05. The number of carbonyl (C=O) groups is 3. The molecule has 3 aromatic carbocycles. The van der Waals surface area contributed by atoms with E-state index in [-0.39, 0.29) is 0 Å². The zero-order valence-electron chi connectivity index (χ0n) is 21.6. The van der Waals surface area contributed by atoms with Crippen LogP contribution >= 0.6 is 0 Å². The highest BCUT2D eigenvalue weighted by molar-refractivity contribution is 6.25. The molecule has 3 atom stereocenters. The van der Waals surface area contributed by atoms with Gasteiger partial charge in [-0.25, -0.2) is 10.3 Å². The summed E-state index contributed by atoms with van der Waals surface area (Å²) in [4.78, 5) is 42.6. The van der Waals surface area contributed by atoms with E-state index in [2.05, 4.69) is 5.43 Å². The third-order valence-corrected chi connectivity index (χ3v) is 6.93. The molecule has 2 heterocycles. The van der Waals surface area contributed by atoms with Crippen LogP contribution in [0, 0.1) is 12.8 Å². The summed E-state index contributed by atoms with van der Waals surface area (Å²) < 4.78 is 16.5. The SMILES string of the molecule is CCOc1ccc(N2C(=O)[C@@H]3[C@H](c4cc(OC)ccc4OC)NN(C(=O)c4ccc(C)cc4)[C@H]3C2=O)cc1. The molecular weight excluding hydrogens is 486 g/mol. The molecule has 2 saturated heterocycles. The molecule has 2 fully saturated rings. The summed E-state index contributed by atoms with van der Waals surface area (Å²) >= 11 is 0. The summed E-state index contributed by atoms with van der Waals surface area (Å²) in [6.45, 7) is 4.30. The van der Waals surface area contributed by atoms with Gasteiger partial charge < -0.3 is 14.2 Å². The molecule has 0 aromatic heterocycles. The van der Waals surface area contributed by atoms with Crippen molar-refractivity contribution in [3.63, 3.8) is 0 Å². The van der Waals surface area contributed by atoms with Gasteiger partial charge in [0, 0.05) is 11.1 Å². The highest BCUT2D eigenvalue weighted by Gasteiger charge is 2.60. The number of imide groups is 1. The van der Waals surface area contributed by atoms with Crippen LogP contribution in [0.25, 0.3) is 0 Å². The molecule has 5 rings (SSSR count). The van der Waals surface area contributed by atoms with Gasteiger partial charge in [0.2, 0.25) is 5.91 Å². The van der Waals surface area contributed by atoms with Crippen molar-refractivity contribution >= 4 is 23.4 Å². The summed E-state index contributed by atoms with van der Waals surface area (Å²) in [5.41, 5.74) is 5.59. The molecule has 38 heavy (non-hydrogen) atoms. The normalized spacial score (nSPS) is 20.5. The predicted octanol–water partition coefficient (Wildman–Crippen LogP) is 3.67. The van der Waals surface area contributed by atoms with Crippen LogP contribution in [0.1, 0.15) is 34.5 Å². The van der Waals surface area contributed by atoms with Gasteiger partial charge in [0.05, 0.1) is 38.5 Å². The molecule has 9 nitrogen and oxygen atoms in total. The molecular formula is C29H29N3O6. The average molecular weight is 516 g/mol. The van der Waals surface area contributed by atoms with E-state index in [0.717, 1.165) is 10.5 Å². The number of carbonyl (C=O) groups excluding carboxylic acids is 3. The first-order valence-corrected chi connectivity index (χ1v) is 12.4. The van der Waals surface area contributed by atoms with Crippen LogP contribution < -0.4 is 24.5 Å². The fourth-order valence-electron chi connectivity index (χ4n) is 5.06. The fourth-order valence-corrected chi connectivity index (χ4v) is 5.06. The maximum absolute atomic E-state index is 13.9. The van der Waals surface area contributed by atoms with Gasteiger partial charge in [-0.15, -0.1) is 0 Å². The Labute approximate surface area is 220 Å². The first kappa shape index (κ1) is 25.3. The fraction of sp³-hybridized carbons (Fsp3) is 0.276. The molecule has 0 unspecified atom stereocenters. The summed E-state index contributed by atoms with van der Waals surface area (Å²) in [5, 5.41) is 1.29. The minimum absolute atomic E-state index is 0.403. The summed E-state index contributed by atoms with van der Waals surface area (Å²) in [6, 6.07) is 17.3. The number of benzene rings is 3. The van der Waals surface area contributed by atoms with Crippen LogP contribution in [0.4, 0.5) is 5.69 Å². The molecule has 2 aliphatic rings. The van der Waals surface area contributed by atoms with Crippen LogP contribution in [0.2, 0.25) is 0 Å². The number of ether oxygens (including phenoxy) is 3. The third-order valence-electron chi connectivity index (χ3n) is 6.93. The van der Waals surface area contributed by atoms with E-state index in [1.54, 1.807) is 61.7 Å². The van der Waals surface area contributed by atoms with Gasteiger partial charge >= 0.3 is 0 Å². The molecule has 0 radical (unpaired) electrons. The maximum Gasteiger partial charge on any atom is 0.268 e. The quantitative estimate of drug-likeness (QED) is 0.480. The Kier molecular flexibility index (Phi) is 6.77. The first-order chi connectivity index (χ1) is 18.4. The Bertz CT molecular complexity index is 1370. The number of hydrogen-bond acceptors (Lipinski definition) is 7. The largest absolute Gasteiger partial charge is 0.497 e. The second-order valence-electron chi connectivity index (χ2n) is 9.17. The molecule has 3 aromatic rings. The van der Waals surface area contributed by atoms with Crippen molar-refractivity contribution in [1.29, 1.82) is 0 Å². The number of aryl methyl sites for hydroxylation is 1. The number of nitrogens with one attached hydrogen (secondary N) is 1. The van der Waals surface area contributed by atoms with Crippen LogP contribution in [0.15, 0.2) is 66.7 Å². The lowest BCUT2D eigenvalue weighted by Gasteiger charge is -2.26. The van der Waals surface area contributed by atoms with E-state index in [0.29, 0.717) is 40.7 Å². The van der Waals surface area contributed by atoms with Crippen molar-refractivity contribution in [2.45, 2.75) is 25.9 Å². The highest BCUT2D eigenvalue weighted by atomic mass is 16.5. The lowest BCUT2D eigenvalue weighted by Crippen LogP contribution is -2.48. The Morgan fingerprint density at radius 1 is 0.895 bits per heavy atom. The van der Waals surface area contributed by atoms with Crippen molar-refractivity contribution < 1.29 is 28.6 Å². The van der Waals surface area contributed by atoms with Crippen LogP contribution in [-0.2, 0) is 9.59 Å². The van der Waals surface area contributed by atoms with E-state index in [1.165, 1.54) is 12.1 Å². The maximum atomic E-state index is 13.9. The first-order valence-electron chi connectivity index (χ1n) is 12.4. The number of hydrogen-bond donors (Lipinski definition) is 1. The number of amides is 3. The number of rotatable bonds is 7. The molecule has 196 valence electrons. The van der Waals surface area contributed by atoms with Crippen LogP contribution in [0.3, 0.4) is 0 Å². The van der Waals surface area contributed by atoms with Gasteiger partial charge in [-0.1, -0.05) is 17.7 Å².